The lowest BCUT2D eigenvalue weighted by atomic mass is 9.84. The van der Waals surface area contributed by atoms with Gasteiger partial charge in [0.2, 0.25) is 5.91 Å². The fraction of sp³-hybridized carbons (Fsp3) is 0.650. The third-order valence-corrected chi connectivity index (χ3v) is 5.89. The van der Waals surface area contributed by atoms with Gasteiger partial charge in [-0.2, -0.15) is 0 Å². The molecule has 3 rings (SSSR count). The molecule has 2 fully saturated rings. The molecule has 25 heavy (non-hydrogen) atoms. The standard InChI is InChI=1S/C20H29FN2O2/c1-15-4-2-3-5-18(15)22-19(24)14-23-12-10-20(25,11-13-23)16-6-8-17(21)9-7-16/h6-9,15,18,25H,2-5,10-14H2,1H3,(H,22,24)/t15-,18+/m0/s1. The summed E-state index contributed by atoms with van der Waals surface area (Å²) >= 11 is 0. The Bertz CT molecular complexity index is 582. The molecule has 1 saturated carbocycles. The van der Waals surface area contributed by atoms with E-state index in [-0.39, 0.29) is 11.7 Å². The highest BCUT2D eigenvalue weighted by Crippen LogP contribution is 2.32. The molecule has 0 spiro atoms. The average Bonchev–Trinajstić information content (AvgIpc) is 2.60. The highest BCUT2D eigenvalue weighted by atomic mass is 19.1. The van der Waals surface area contributed by atoms with Crippen LogP contribution in [0.2, 0.25) is 0 Å². The van der Waals surface area contributed by atoms with Crippen molar-refractivity contribution in [2.75, 3.05) is 19.6 Å². The summed E-state index contributed by atoms with van der Waals surface area (Å²) in [4.78, 5) is 14.4. The van der Waals surface area contributed by atoms with E-state index >= 15 is 0 Å². The molecule has 1 aliphatic heterocycles. The second-order valence-electron chi connectivity index (χ2n) is 7.75. The van der Waals surface area contributed by atoms with Crippen LogP contribution in [0.5, 0.6) is 0 Å². The number of amides is 1. The van der Waals surface area contributed by atoms with Gasteiger partial charge in [0.05, 0.1) is 12.1 Å². The summed E-state index contributed by atoms with van der Waals surface area (Å²) in [5.74, 6) is 0.354. The van der Waals surface area contributed by atoms with E-state index in [1.165, 1.54) is 31.4 Å². The molecule has 1 saturated heterocycles. The van der Waals surface area contributed by atoms with Crippen LogP contribution in [0.15, 0.2) is 24.3 Å². The molecular weight excluding hydrogens is 319 g/mol. The van der Waals surface area contributed by atoms with E-state index in [2.05, 4.69) is 17.1 Å². The third kappa shape index (κ3) is 4.59. The van der Waals surface area contributed by atoms with Crippen molar-refractivity contribution < 1.29 is 14.3 Å². The quantitative estimate of drug-likeness (QED) is 0.880. The summed E-state index contributed by atoms with van der Waals surface area (Å²) in [5, 5.41) is 14.0. The number of carbonyl (C=O) groups excluding carboxylic acids is 1. The Morgan fingerprint density at radius 1 is 1.24 bits per heavy atom. The first-order valence-corrected chi connectivity index (χ1v) is 9.46. The number of rotatable bonds is 4. The van der Waals surface area contributed by atoms with E-state index in [0.29, 0.717) is 44.4 Å². The molecule has 0 radical (unpaired) electrons. The van der Waals surface area contributed by atoms with Crippen molar-refractivity contribution in [3.63, 3.8) is 0 Å². The van der Waals surface area contributed by atoms with Gasteiger partial charge < -0.3 is 10.4 Å². The number of hydrogen-bond acceptors (Lipinski definition) is 3. The van der Waals surface area contributed by atoms with Crippen LogP contribution >= 0.6 is 0 Å². The van der Waals surface area contributed by atoms with Crippen LogP contribution in [0.25, 0.3) is 0 Å². The van der Waals surface area contributed by atoms with Crippen molar-refractivity contribution in [3.8, 4) is 0 Å². The van der Waals surface area contributed by atoms with E-state index in [1.54, 1.807) is 12.1 Å². The maximum Gasteiger partial charge on any atom is 0.234 e. The Hall–Kier alpha value is -1.46. The molecule has 5 heteroatoms. The maximum absolute atomic E-state index is 13.1. The molecule has 2 N–H and O–H groups in total. The van der Waals surface area contributed by atoms with E-state index in [4.69, 9.17) is 0 Å². The Balaban J connectivity index is 1.48. The fourth-order valence-electron chi connectivity index (χ4n) is 4.12. The van der Waals surface area contributed by atoms with Crippen molar-refractivity contribution in [2.24, 2.45) is 5.92 Å². The molecule has 1 amide bonds. The van der Waals surface area contributed by atoms with Gasteiger partial charge in [-0.15, -0.1) is 0 Å². The lowest BCUT2D eigenvalue weighted by molar-refractivity contribution is -0.124. The highest BCUT2D eigenvalue weighted by molar-refractivity contribution is 5.78. The van der Waals surface area contributed by atoms with Crippen LogP contribution < -0.4 is 5.32 Å². The largest absolute Gasteiger partial charge is 0.385 e. The molecule has 2 atom stereocenters. The molecule has 138 valence electrons. The van der Waals surface area contributed by atoms with Gasteiger partial charge in [0, 0.05) is 19.1 Å². The lowest BCUT2D eigenvalue weighted by Gasteiger charge is -2.38. The zero-order valence-electron chi connectivity index (χ0n) is 15.0. The maximum atomic E-state index is 13.1. The molecule has 4 nitrogen and oxygen atoms in total. The van der Waals surface area contributed by atoms with Crippen LogP contribution in [0.3, 0.4) is 0 Å². The molecule has 0 aromatic heterocycles. The van der Waals surface area contributed by atoms with Crippen LogP contribution in [0.1, 0.15) is 51.0 Å². The Labute approximate surface area is 149 Å². The molecule has 0 unspecified atom stereocenters. The monoisotopic (exact) mass is 348 g/mol. The van der Waals surface area contributed by atoms with Gasteiger partial charge in [0.1, 0.15) is 5.82 Å². The Morgan fingerprint density at radius 3 is 2.52 bits per heavy atom. The summed E-state index contributed by atoms with van der Waals surface area (Å²) in [6, 6.07) is 6.39. The molecule has 0 bridgehead atoms. The summed E-state index contributed by atoms with van der Waals surface area (Å²) in [6.07, 6.45) is 5.86. The SMILES string of the molecule is C[C@H]1CCCC[C@H]1NC(=O)CN1CCC(O)(c2ccc(F)cc2)CC1. The minimum atomic E-state index is -0.918. The number of carbonyl (C=O) groups is 1. The number of hydrogen-bond donors (Lipinski definition) is 2. The molecule has 1 heterocycles. The van der Waals surface area contributed by atoms with Crippen molar-refractivity contribution >= 4 is 5.91 Å². The van der Waals surface area contributed by atoms with Gasteiger partial charge >= 0.3 is 0 Å². The number of piperidine rings is 1. The van der Waals surface area contributed by atoms with Gasteiger partial charge in [0.25, 0.3) is 0 Å². The summed E-state index contributed by atoms with van der Waals surface area (Å²) in [5.41, 5.74) is -0.160. The number of nitrogens with one attached hydrogen (secondary N) is 1. The highest BCUT2D eigenvalue weighted by Gasteiger charge is 2.34. The zero-order chi connectivity index (χ0) is 17.9. The Kier molecular flexibility index (Phi) is 5.74. The second-order valence-corrected chi connectivity index (χ2v) is 7.75. The van der Waals surface area contributed by atoms with Gasteiger partial charge in [-0.3, -0.25) is 9.69 Å². The number of nitrogens with zero attached hydrogens (tertiary/aromatic N) is 1. The molecule has 2 aliphatic rings. The van der Waals surface area contributed by atoms with E-state index in [0.717, 1.165) is 12.0 Å². The van der Waals surface area contributed by atoms with Crippen LogP contribution in [-0.4, -0.2) is 41.6 Å². The van der Waals surface area contributed by atoms with Crippen LogP contribution in [0.4, 0.5) is 4.39 Å². The minimum Gasteiger partial charge on any atom is -0.385 e. The normalized spacial score (nSPS) is 27.0. The van der Waals surface area contributed by atoms with Gasteiger partial charge in [0.15, 0.2) is 0 Å². The Morgan fingerprint density at radius 2 is 1.88 bits per heavy atom. The zero-order valence-corrected chi connectivity index (χ0v) is 15.0. The van der Waals surface area contributed by atoms with Crippen molar-refractivity contribution in [2.45, 2.75) is 57.1 Å². The molecule has 1 aromatic carbocycles. The molecular formula is C20H29FN2O2. The molecule has 1 aromatic rings. The molecule has 1 aliphatic carbocycles. The second kappa shape index (κ2) is 7.83. The first kappa shape index (κ1) is 18.3. The van der Waals surface area contributed by atoms with Gasteiger partial charge in [-0.1, -0.05) is 31.9 Å². The summed E-state index contributed by atoms with van der Waals surface area (Å²) < 4.78 is 13.1. The smallest absolute Gasteiger partial charge is 0.234 e. The first-order valence-electron chi connectivity index (χ1n) is 9.46. The van der Waals surface area contributed by atoms with E-state index in [1.807, 2.05) is 0 Å². The number of likely N-dealkylation sites (tertiary alicyclic amines) is 1. The number of halogens is 1. The van der Waals surface area contributed by atoms with Crippen LogP contribution in [-0.2, 0) is 10.4 Å². The number of aliphatic hydroxyl groups is 1. The van der Waals surface area contributed by atoms with Gasteiger partial charge in [-0.05, 0) is 49.3 Å². The predicted molar refractivity (Wildman–Crippen MR) is 95.5 cm³/mol. The minimum absolute atomic E-state index is 0.0889. The van der Waals surface area contributed by atoms with Crippen molar-refractivity contribution in [1.82, 2.24) is 10.2 Å². The fourth-order valence-corrected chi connectivity index (χ4v) is 4.12. The predicted octanol–water partition coefficient (Wildman–Crippen LogP) is 2.80. The number of benzene rings is 1. The van der Waals surface area contributed by atoms with E-state index in [9.17, 15) is 14.3 Å². The van der Waals surface area contributed by atoms with Crippen molar-refractivity contribution in [1.29, 1.82) is 0 Å². The topological polar surface area (TPSA) is 52.6 Å². The van der Waals surface area contributed by atoms with Crippen molar-refractivity contribution in [3.05, 3.63) is 35.6 Å². The average molecular weight is 348 g/mol. The van der Waals surface area contributed by atoms with E-state index < -0.39 is 5.60 Å². The summed E-state index contributed by atoms with van der Waals surface area (Å²) in [7, 11) is 0. The first-order chi connectivity index (χ1) is 12.0. The lowest BCUT2D eigenvalue weighted by Crippen LogP contribution is -2.49. The summed E-state index contributed by atoms with van der Waals surface area (Å²) in [6.45, 7) is 3.94. The van der Waals surface area contributed by atoms with Gasteiger partial charge in [-0.25, -0.2) is 4.39 Å². The third-order valence-electron chi connectivity index (χ3n) is 5.89. The van der Waals surface area contributed by atoms with Crippen LogP contribution in [0, 0.1) is 11.7 Å².